The third-order valence-corrected chi connectivity index (χ3v) is 3.68. The SMILES string of the molecule is Cc1ccc(N(O)C(=O)/C=C/c2ccc3ccccc3c2)cc1. The average molecular weight is 303 g/mol. The number of fused-ring (bicyclic) bond motifs is 1. The number of carbonyl (C=O) groups is 1. The second-order valence-electron chi connectivity index (χ2n) is 5.43. The van der Waals surface area contributed by atoms with Gasteiger partial charge in [-0.1, -0.05) is 54.1 Å². The lowest BCUT2D eigenvalue weighted by atomic mass is 10.1. The Balaban J connectivity index is 1.77. The number of aryl methyl sites for hydroxylation is 1. The quantitative estimate of drug-likeness (QED) is 0.437. The minimum atomic E-state index is -0.484. The Labute approximate surface area is 135 Å². The number of benzene rings is 3. The minimum absolute atomic E-state index is 0.448. The molecule has 3 aromatic rings. The van der Waals surface area contributed by atoms with Crippen LogP contribution in [0.5, 0.6) is 0 Å². The predicted molar refractivity (Wildman–Crippen MR) is 93.4 cm³/mol. The van der Waals surface area contributed by atoms with Crippen LogP contribution in [-0.2, 0) is 4.79 Å². The van der Waals surface area contributed by atoms with Gasteiger partial charge in [0, 0.05) is 6.08 Å². The molecule has 0 aliphatic rings. The van der Waals surface area contributed by atoms with Gasteiger partial charge in [-0.05, 0) is 47.5 Å². The molecule has 0 spiro atoms. The van der Waals surface area contributed by atoms with Crippen molar-refractivity contribution in [3.63, 3.8) is 0 Å². The molecule has 0 fully saturated rings. The van der Waals surface area contributed by atoms with E-state index >= 15 is 0 Å². The van der Waals surface area contributed by atoms with E-state index in [1.165, 1.54) is 6.08 Å². The van der Waals surface area contributed by atoms with Gasteiger partial charge in [0.2, 0.25) is 0 Å². The zero-order valence-corrected chi connectivity index (χ0v) is 12.8. The van der Waals surface area contributed by atoms with Crippen molar-refractivity contribution in [1.82, 2.24) is 0 Å². The summed E-state index contributed by atoms with van der Waals surface area (Å²) in [7, 11) is 0. The number of nitrogens with zero attached hydrogens (tertiary/aromatic N) is 1. The van der Waals surface area contributed by atoms with Crippen LogP contribution in [0.25, 0.3) is 16.8 Å². The van der Waals surface area contributed by atoms with Crippen molar-refractivity contribution in [2.45, 2.75) is 6.92 Å². The molecule has 0 heterocycles. The summed E-state index contributed by atoms with van der Waals surface area (Å²) in [6.07, 6.45) is 3.07. The van der Waals surface area contributed by atoms with Gasteiger partial charge in [-0.3, -0.25) is 10.0 Å². The topological polar surface area (TPSA) is 40.5 Å². The van der Waals surface area contributed by atoms with Crippen LogP contribution in [0.3, 0.4) is 0 Å². The Bertz CT molecular complexity index is 866. The Hall–Kier alpha value is -2.91. The van der Waals surface area contributed by atoms with E-state index in [0.717, 1.165) is 21.9 Å². The summed E-state index contributed by atoms with van der Waals surface area (Å²) in [5, 5.41) is 12.9. The number of carbonyl (C=O) groups excluding carboxylic acids is 1. The molecule has 0 bridgehead atoms. The second-order valence-corrected chi connectivity index (χ2v) is 5.43. The Morgan fingerprint density at radius 1 is 0.957 bits per heavy atom. The number of anilines is 1. The Morgan fingerprint density at radius 3 is 2.39 bits per heavy atom. The van der Waals surface area contributed by atoms with Crippen LogP contribution in [0.4, 0.5) is 5.69 Å². The standard InChI is InChI=1S/C20H17NO2/c1-15-6-11-19(12-7-15)21(23)20(22)13-9-16-8-10-17-4-2-3-5-18(17)14-16/h2-14,23H,1H3/b13-9+. The summed E-state index contributed by atoms with van der Waals surface area (Å²) >= 11 is 0. The number of rotatable bonds is 3. The number of hydrogen-bond donors (Lipinski definition) is 1. The van der Waals surface area contributed by atoms with E-state index in [9.17, 15) is 10.0 Å². The molecule has 0 saturated heterocycles. The highest BCUT2D eigenvalue weighted by Crippen LogP contribution is 2.17. The number of amides is 1. The molecule has 3 aromatic carbocycles. The molecule has 3 nitrogen and oxygen atoms in total. The molecule has 0 radical (unpaired) electrons. The maximum Gasteiger partial charge on any atom is 0.274 e. The van der Waals surface area contributed by atoms with E-state index < -0.39 is 5.91 Å². The van der Waals surface area contributed by atoms with Crippen LogP contribution in [0.15, 0.2) is 72.8 Å². The van der Waals surface area contributed by atoms with Crippen LogP contribution in [0, 0.1) is 6.92 Å². The lowest BCUT2D eigenvalue weighted by Gasteiger charge is -2.12. The first-order valence-electron chi connectivity index (χ1n) is 7.40. The lowest BCUT2D eigenvalue weighted by molar-refractivity contribution is -0.118. The molecule has 23 heavy (non-hydrogen) atoms. The van der Waals surface area contributed by atoms with Crippen molar-refractivity contribution in [3.8, 4) is 0 Å². The molecule has 3 heteroatoms. The van der Waals surface area contributed by atoms with Crippen LogP contribution < -0.4 is 5.06 Å². The zero-order chi connectivity index (χ0) is 16.2. The highest BCUT2D eigenvalue weighted by atomic mass is 16.5. The van der Waals surface area contributed by atoms with Gasteiger partial charge < -0.3 is 0 Å². The first kappa shape index (κ1) is 15.0. The summed E-state index contributed by atoms with van der Waals surface area (Å²) in [6.45, 7) is 1.95. The number of hydroxylamine groups is 1. The molecule has 0 aliphatic heterocycles. The van der Waals surface area contributed by atoms with E-state index in [1.54, 1.807) is 18.2 Å². The third kappa shape index (κ3) is 3.47. The van der Waals surface area contributed by atoms with Crippen LogP contribution in [-0.4, -0.2) is 11.1 Å². The molecule has 0 atom stereocenters. The summed E-state index contributed by atoms with van der Waals surface area (Å²) in [5.74, 6) is -0.484. The monoisotopic (exact) mass is 303 g/mol. The molecule has 1 N–H and O–H groups in total. The Kier molecular flexibility index (Phi) is 4.22. The van der Waals surface area contributed by atoms with Gasteiger partial charge in [0.25, 0.3) is 5.91 Å². The van der Waals surface area contributed by atoms with Crippen molar-refractivity contribution < 1.29 is 10.0 Å². The van der Waals surface area contributed by atoms with Crippen molar-refractivity contribution in [1.29, 1.82) is 0 Å². The highest BCUT2D eigenvalue weighted by molar-refractivity contribution is 6.02. The molecule has 114 valence electrons. The summed E-state index contributed by atoms with van der Waals surface area (Å²) in [4.78, 5) is 12.1. The normalized spacial score (nSPS) is 11.0. The zero-order valence-electron chi connectivity index (χ0n) is 12.8. The summed E-state index contributed by atoms with van der Waals surface area (Å²) in [5.41, 5.74) is 2.43. The average Bonchev–Trinajstić information content (AvgIpc) is 2.59. The van der Waals surface area contributed by atoms with Crippen molar-refractivity contribution in [3.05, 3.63) is 83.9 Å². The second kappa shape index (κ2) is 6.46. The van der Waals surface area contributed by atoms with Gasteiger partial charge in [-0.15, -0.1) is 0 Å². The van der Waals surface area contributed by atoms with Crippen molar-refractivity contribution in [2.75, 3.05) is 5.06 Å². The van der Waals surface area contributed by atoms with E-state index in [2.05, 4.69) is 0 Å². The van der Waals surface area contributed by atoms with E-state index in [4.69, 9.17) is 0 Å². The maximum absolute atomic E-state index is 12.1. The van der Waals surface area contributed by atoms with Gasteiger partial charge in [-0.2, -0.15) is 5.06 Å². The van der Waals surface area contributed by atoms with Crippen molar-refractivity contribution >= 4 is 28.4 Å². The maximum atomic E-state index is 12.1. The smallest absolute Gasteiger partial charge is 0.274 e. The van der Waals surface area contributed by atoms with E-state index in [0.29, 0.717) is 10.8 Å². The molecule has 1 amide bonds. The Morgan fingerprint density at radius 2 is 1.65 bits per heavy atom. The molecule has 0 aliphatic carbocycles. The van der Waals surface area contributed by atoms with E-state index in [1.807, 2.05) is 61.5 Å². The van der Waals surface area contributed by atoms with Gasteiger partial charge in [0.1, 0.15) is 0 Å². The lowest BCUT2D eigenvalue weighted by Crippen LogP contribution is -2.24. The van der Waals surface area contributed by atoms with E-state index in [-0.39, 0.29) is 0 Å². The van der Waals surface area contributed by atoms with Gasteiger partial charge in [-0.25, -0.2) is 0 Å². The first-order valence-corrected chi connectivity index (χ1v) is 7.40. The molecule has 3 rings (SSSR count). The number of hydrogen-bond acceptors (Lipinski definition) is 2. The summed E-state index contributed by atoms with van der Waals surface area (Å²) < 4.78 is 0. The van der Waals surface area contributed by atoms with Gasteiger partial charge >= 0.3 is 0 Å². The largest absolute Gasteiger partial charge is 0.281 e. The molecular formula is C20H17NO2. The van der Waals surface area contributed by atoms with Crippen molar-refractivity contribution in [2.24, 2.45) is 0 Å². The molecule has 0 aromatic heterocycles. The predicted octanol–water partition coefficient (Wildman–Crippen LogP) is 4.58. The molecule has 0 unspecified atom stereocenters. The highest BCUT2D eigenvalue weighted by Gasteiger charge is 2.09. The van der Waals surface area contributed by atoms with Crippen LogP contribution in [0.1, 0.15) is 11.1 Å². The fourth-order valence-electron chi connectivity index (χ4n) is 2.36. The minimum Gasteiger partial charge on any atom is -0.281 e. The first-order chi connectivity index (χ1) is 11.1. The fourth-order valence-corrected chi connectivity index (χ4v) is 2.36. The van der Waals surface area contributed by atoms with Crippen LogP contribution >= 0.6 is 0 Å². The summed E-state index contributed by atoms with van der Waals surface area (Å²) in [6, 6.07) is 21.1. The fraction of sp³-hybridized carbons (Fsp3) is 0.0500. The van der Waals surface area contributed by atoms with Gasteiger partial charge in [0.05, 0.1) is 5.69 Å². The third-order valence-electron chi connectivity index (χ3n) is 3.68. The van der Waals surface area contributed by atoms with Gasteiger partial charge in [0.15, 0.2) is 0 Å². The molecular weight excluding hydrogens is 286 g/mol. The molecule has 0 saturated carbocycles. The van der Waals surface area contributed by atoms with Crippen LogP contribution in [0.2, 0.25) is 0 Å².